The van der Waals surface area contributed by atoms with Gasteiger partial charge in [0.15, 0.2) is 0 Å². The summed E-state index contributed by atoms with van der Waals surface area (Å²) in [6.45, 7) is 3.42. The second kappa shape index (κ2) is 8.17. The Morgan fingerprint density at radius 2 is 1.83 bits per heavy atom. The number of ether oxygens (including phenoxy) is 2. The van der Waals surface area contributed by atoms with Crippen molar-refractivity contribution in [3.05, 3.63) is 63.6 Å². The van der Waals surface area contributed by atoms with Crippen LogP contribution in [0.5, 0.6) is 5.75 Å². The maximum Gasteiger partial charge on any atom is 0.130 e. The molecule has 0 N–H and O–H groups in total. The highest BCUT2D eigenvalue weighted by Crippen LogP contribution is 2.25. The molecule has 1 heterocycles. The topological polar surface area (TPSA) is 21.7 Å². The molecule has 1 aliphatic rings. The predicted molar refractivity (Wildman–Crippen MR) is 101 cm³/mol. The summed E-state index contributed by atoms with van der Waals surface area (Å²) in [6, 6.07) is 13.3. The molecule has 0 spiro atoms. The fourth-order valence-corrected chi connectivity index (χ4v) is 3.17. The van der Waals surface area contributed by atoms with Gasteiger partial charge in [0.1, 0.15) is 17.3 Å². The van der Waals surface area contributed by atoms with Gasteiger partial charge in [-0.05, 0) is 29.8 Å². The number of hydrogen-bond acceptors (Lipinski definition) is 3. The van der Waals surface area contributed by atoms with Crippen molar-refractivity contribution >= 4 is 40.4 Å². The lowest BCUT2D eigenvalue weighted by Gasteiger charge is -2.29. The molecule has 3 rings (SSSR count). The van der Waals surface area contributed by atoms with E-state index in [-0.39, 0.29) is 0 Å². The number of benzene rings is 2. The van der Waals surface area contributed by atoms with Crippen LogP contribution in [0.3, 0.4) is 0 Å². The first-order valence-corrected chi connectivity index (χ1v) is 8.84. The van der Waals surface area contributed by atoms with Gasteiger partial charge >= 0.3 is 0 Å². The van der Waals surface area contributed by atoms with Crippen molar-refractivity contribution in [1.82, 2.24) is 4.90 Å². The fourth-order valence-electron chi connectivity index (χ4n) is 2.50. The molecule has 2 aromatic rings. The van der Waals surface area contributed by atoms with E-state index in [4.69, 9.17) is 44.9 Å². The highest BCUT2D eigenvalue weighted by Gasteiger charge is 2.18. The van der Waals surface area contributed by atoms with Crippen molar-refractivity contribution in [3.63, 3.8) is 0 Å². The van der Waals surface area contributed by atoms with Crippen molar-refractivity contribution in [2.75, 3.05) is 26.3 Å². The zero-order valence-electron chi connectivity index (χ0n) is 13.0. The van der Waals surface area contributed by atoms with Gasteiger partial charge in [-0.25, -0.2) is 0 Å². The number of nitrogens with zero attached hydrogens (tertiary/aromatic N) is 1. The minimum atomic E-state index is 0.402. The van der Waals surface area contributed by atoms with Crippen molar-refractivity contribution in [1.29, 1.82) is 0 Å². The fraction of sp³-hybridized carbons (Fsp3) is 0.278. The van der Waals surface area contributed by atoms with Gasteiger partial charge in [0.25, 0.3) is 0 Å². The first kappa shape index (κ1) is 17.5. The summed E-state index contributed by atoms with van der Waals surface area (Å²) < 4.78 is 11.4. The zero-order chi connectivity index (χ0) is 16.9. The van der Waals surface area contributed by atoms with Crippen LogP contribution in [-0.4, -0.2) is 36.2 Å². The molecule has 24 heavy (non-hydrogen) atoms. The molecule has 0 saturated carbocycles. The molecule has 0 bridgehead atoms. The third-order valence-corrected chi connectivity index (χ3v) is 5.01. The Balaban J connectivity index is 1.73. The quantitative estimate of drug-likeness (QED) is 0.722. The Labute approximate surface area is 157 Å². The minimum absolute atomic E-state index is 0.402. The third-order valence-electron chi connectivity index (χ3n) is 3.79. The van der Waals surface area contributed by atoms with Crippen LogP contribution >= 0.6 is 35.4 Å². The van der Waals surface area contributed by atoms with E-state index in [0.29, 0.717) is 29.9 Å². The lowest BCUT2D eigenvalue weighted by atomic mass is 10.1. The Morgan fingerprint density at radius 3 is 2.58 bits per heavy atom. The van der Waals surface area contributed by atoms with Crippen LogP contribution in [0, 0.1) is 0 Å². The molecular formula is C18H17Cl2NO2S. The van der Waals surface area contributed by atoms with E-state index < -0.39 is 0 Å². The van der Waals surface area contributed by atoms with Gasteiger partial charge in [0.2, 0.25) is 0 Å². The number of hydrogen-bond donors (Lipinski definition) is 0. The Hall–Kier alpha value is -1.33. The van der Waals surface area contributed by atoms with Gasteiger partial charge in [-0.15, -0.1) is 0 Å². The Kier molecular flexibility index (Phi) is 5.95. The van der Waals surface area contributed by atoms with E-state index in [9.17, 15) is 0 Å². The van der Waals surface area contributed by atoms with Crippen molar-refractivity contribution in [2.24, 2.45) is 0 Å². The number of thiocarbonyl (C=S) groups is 1. The molecular weight excluding hydrogens is 365 g/mol. The maximum atomic E-state index is 6.05. The smallest absolute Gasteiger partial charge is 0.130 e. The first-order chi connectivity index (χ1) is 11.6. The van der Waals surface area contributed by atoms with Gasteiger partial charge in [-0.2, -0.15) is 0 Å². The Morgan fingerprint density at radius 1 is 1.08 bits per heavy atom. The average Bonchev–Trinajstić information content (AvgIpc) is 2.63. The summed E-state index contributed by atoms with van der Waals surface area (Å²) in [5.74, 6) is 0.764. The van der Waals surface area contributed by atoms with Gasteiger partial charge in [0.05, 0.1) is 28.8 Å². The number of morpholine rings is 1. The van der Waals surface area contributed by atoms with Gasteiger partial charge in [-0.3, -0.25) is 0 Å². The summed E-state index contributed by atoms with van der Waals surface area (Å²) in [7, 11) is 0. The van der Waals surface area contributed by atoms with Crippen LogP contribution < -0.4 is 4.74 Å². The molecule has 0 aliphatic carbocycles. The molecule has 3 nitrogen and oxygen atoms in total. The van der Waals surface area contributed by atoms with E-state index in [1.807, 2.05) is 36.4 Å². The van der Waals surface area contributed by atoms with Crippen LogP contribution in [0.1, 0.15) is 11.1 Å². The van der Waals surface area contributed by atoms with Crippen LogP contribution in [-0.2, 0) is 11.3 Å². The van der Waals surface area contributed by atoms with E-state index in [1.165, 1.54) is 0 Å². The van der Waals surface area contributed by atoms with Crippen molar-refractivity contribution in [3.8, 4) is 5.75 Å². The summed E-state index contributed by atoms with van der Waals surface area (Å²) in [5.41, 5.74) is 1.88. The van der Waals surface area contributed by atoms with Crippen LogP contribution in [0.15, 0.2) is 42.5 Å². The second-order valence-electron chi connectivity index (χ2n) is 5.44. The van der Waals surface area contributed by atoms with Crippen molar-refractivity contribution in [2.45, 2.75) is 6.61 Å². The maximum absolute atomic E-state index is 6.05. The average molecular weight is 382 g/mol. The highest BCUT2D eigenvalue weighted by molar-refractivity contribution is 7.80. The molecule has 0 atom stereocenters. The first-order valence-electron chi connectivity index (χ1n) is 7.68. The van der Waals surface area contributed by atoms with E-state index in [2.05, 4.69) is 4.90 Å². The number of halogens is 2. The molecule has 1 aliphatic heterocycles. The molecule has 0 radical (unpaired) electrons. The zero-order valence-corrected chi connectivity index (χ0v) is 15.3. The molecule has 126 valence electrons. The normalized spacial score (nSPS) is 14.5. The Bertz CT molecular complexity index is 733. The molecule has 2 aromatic carbocycles. The predicted octanol–water partition coefficient (Wildman–Crippen LogP) is 4.58. The molecule has 1 fully saturated rings. The second-order valence-corrected chi connectivity index (χ2v) is 6.64. The lowest BCUT2D eigenvalue weighted by molar-refractivity contribution is 0.0692. The summed E-state index contributed by atoms with van der Waals surface area (Å²) in [6.07, 6.45) is 0. The van der Waals surface area contributed by atoms with Gasteiger partial charge in [-0.1, -0.05) is 53.6 Å². The monoisotopic (exact) mass is 381 g/mol. The molecule has 6 heteroatoms. The van der Waals surface area contributed by atoms with Gasteiger partial charge in [0, 0.05) is 13.1 Å². The lowest BCUT2D eigenvalue weighted by Crippen LogP contribution is -2.40. The summed E-state index contributed by atoms with van der Waals surface area (Å²) >= 11 is 17.6. The van der Waals surface area contributed by atoms with E-state index in [1.54, 1.807) is 6.07 Å². The third kappa shape index (κ3) is 4.19. The summed E-state index contributed by atoms with van der Waals surface area (Å²) in [4.78, 5) is 2.95. The number of para-hydroxylation sites is 1. The van der Waals surface area contributed by atoms with Crippen LogP contribution in [0.4, 0.5) is 0 Å². The molecule has 1 saturated heterocycles. The molecule has 0 unspecified atom stereocenters. The SMILES string of the molecule is S=C(c1ccccc1OCc1ccc(Cl)c(Cl)c1)N1CCOCC1. The number of rotatable bonds is 4. The molecule has 0 aromatic heterocycles. The largest absolute Gasteiger partial charge is 0.488 e. The van der Waals surface area contributed by atoms with Crippen LogP contribution in [0.25, 0.3) is 0 Å². The van der Waals surface area contributed by atoms with Gasteiger partial charge < -0.3 is 14.4 Å². The van der Waals surface area contributed by atoms with E-state index in [0.717, 1.165) is 35.0 Å². The van der Waals surface area contributed by atoms with Crippen molar-refractivity contribution < 1.29 is 9.47 Å². The highest BCUT2D eigenvalue weighted by atomic mass is 35.5. The van der Waals surface area contributed by atoms with Crippen LogP contribution in [0.2, 0.25) is 10.0 Å². The molecule has 0 amide bonds. The van der Waals surface area contributed by atoms with E-state index >= 15 is 0 Å². The summed E-state index contributed by atoms with van der Waals surface area (Å²) in [5, 5.41) is 1.06. The standard InChI is InChI=1S/C18H17Cl2NO2S/c19-15-6-5-13(11-16(15)20)12-23-17-4-2-1-3-14(17)18(24)21-7-9-22-10-8-21/h1-6,11H,7-10,12H2. The minimum Gasteiger partial charge on any atom is -0.488 e.